The van der Waals surface area contributed by atoms with E-state index in [0.29, 0.717) is 31.3 Å². The van der Waals surface area contributed by atoms with Crippen molar-refractivity contribution in [2.75, 3.05) is 32.1 Å². The molecule has 8 nitrogen and oxygen atoms in total. The summed E-state index contributed by atoms with van der Waals surface area (Å²) in [6, 6.07) is 11.6. The van der Waals surface area contributed by atoms with Crippen molar-refractivity contribution in [1.82, 2.24) is 24.5 Å². The maximum absolute atomic E-state index is 14.9. The Kier molecular flexibility index (Phi) is 5.83. The van der Waals surface area contributed by atoms with Gasteiger partial charge in [0.1, 0.15) is 11.7 Å². The number of anilines is 1. The highest BCUT2D eigenvalue weighted by molar-refractivity contribution is 5.90. The number of hydrogen-bond acceptors (Lipinski definition) is 7. The second kappa shape index (κ2) is 8.81. The molecule has 1 aliphatic rings. The van der Waals surface area contributed by atoms with Crippen LogP contribution in [0, 0.1) is 0 Å². The van der Waals surface area contributed by atoms with Crippen LogP contribution >= 0.6 is 0 Å². The van der Waals surface area contributed by atoms with Crippen LogP contribution in [0.15, 0.2) is 48.8 Å². The molecule has 4 aromatic rings. The lowest BCUT2D eigenvalue weighted by atomic mass is 10.0. The first-order valence-electron chi connectivity index (χ1n) is 11.4. The predicted octanol–water partition coefficient (Wildman–Crippen LogP) is 3.55. The Hall–Kier alpha value is -3.30. The van der Waals surface area contributed by atoms with Gasteiger partial charge in [0, 0.05) is 43.0 Å². The van der Waals surface area contributed by atoms with E-state index in [1.54, 1.807) is 31.7 Å². The number of halogens is 1. The number of aromatic nitrogens is 4. The Morgan fingerprint density at radius 1 is 1.26 bits per heavy atom. The van der Waals surface area contributed by atoms with Gasteiger partial charge in [-0.3, -0.25) is 9.88 Å². The van der Waals surface area contributed by atoms with Gasteiger partial charge in [-0.05, 0) is 50.1 Å². The van der Waals surface area contributed by atoms with Crippen LogP contribution < -0.4 is 10.1 Å². The molecule has 0 spiro atoms. The van der Waals surface area contributed by atoms with Crippen molar-refractivity contribution in [2.45, 2.75) is 38.1 Å². The maximum atomic E-state index is 14.9. The Bertz CT molecular complexity index is 1320. The summed E-state index contributed by atoms with van der Waals surface area (Å²) < 4.78 is 22.2. The van der Waals surface area contributed by atoms with Crippen LogP contribution in [0.4, 0.5) is 10.3 Å². The molecule has 0 unspecified atom stereocenters. The highest BCUT2D eigenvalue weighted by Gasteiger charge is 2.32. The number of piperidine rings is 1. The topological polar surface area (TPSA) is 87.8 Å². The molecule has 1 aromatic carbocycles. The molecule has 0 aliphatic carbocycles. The molecule has 3 aromatic heterocycles. The summed E-state index contributed by atoms with van der Waals surface area (Å²) >= 11 is 0. The van der Waals surface area contributed by atoms with Crippen LogP contribution in [-0.4, -0.2) is 74.1 Å². The number of nitrogens with zero attached hydrogens (tertiary/aromatic N) is 5. The van der Waals surface area contributed by atoms with Crippen LogP contribution in [0.3, 0.4) is 0 Å². The zero-order valence-electron chi connectivity index (χ0n) is 19.6. The van der Waals surface area contributed by atoms with E-state index in [0.717, 1.165) is 27.5 Å². The normalized spacial score (nSPS) is 19.6. The molecule has 0 radical (unpaired) electrons. The zero-order chi connectivity index (χ0) is 23.9. The van der Waals surface area contributed by atoms with E-state index in [2.05, 4.69) is 26.4 Å². The average Bonchev–Trinajstić information content (AvgIpc) is 3.23. The fourth-order valence-corrected chi connectivity index (χ4v) is 4.66. The van der Waals surface area contributed by atoms with Crippen LogP contribution in [0.5, 0.6) is 5.88 Å². The van der Waals surface area contributed by atoms with E-state index in [-0.39, 0.29) is 6.54 Å². The number of fused-ring (bicyclic) bond motifs is 2. The van der Waals surface area contributed by atoms with Gasteiger partial charge in [0.05, 0.1) is 24.3 Å². The van der Waals surface area contributed by atoms with Gasteiger partial charge in [-0.2, -0.15) is 4.98 Å². The molecule has 0 saturated carbocycles. The van der Waals surface area contributed by atoms with Crippen molar-refractivity contribution in [2.24, 2.45) is 0 Å². The van der Waals surface area contributed by atoms with E-state index < -0.39 is 17.8 Å². The molecule has 0 bridgehead atoms. The van der Waals surface area contributed by atoms with Gasteiger partial charge in [-0.25, -0.2) is 8.91 Å². The lowest BCUT2D eigenvalue weighted by Crippen LogP contribution is -2.51. The van der Waals surface area contributed by atoms with Gasteiger partial charge in [0.15, 0.2) is 0 Å². The summed E-state index contributed by atoms with van der Waals surface area (Å²) in [5.41, 5.74) is 2.77. The van der Waals surface area contributed by atoms with Gasteiger partial charge in [0.25, 0.3) is 0 Å². The van der Waals surface area contributed by atoms with Crippen molar-refractivity contribution in [1.29, 1.82) is 0 Å². The van der Waals surface area contributed by atoms with E-state index in [1.165, 1.54) is 0 Å². The summed E-state index contributed by atoms with van der Waals surface area (Å²) in [6.07, 6.45) is 3.11. The first-order valence-corrected chi connectivity index (χ1v) is 11.4. The number of aliphatic hydroxyl groups is 1. The number of β-amino-alcohol motifs (C(OH)–C–C–N with tert-alkyl or cyclic N) is 1. The van der Waals surface area contributed by atoms with Crippen molar-refractivity contribution < 1.29 is 14.2 Å². The fourth-order valence-electron chi connectivity index (χ4n) is 4.66. The van der Waals surface area contributed by atoms with E-state index in [1.807, 2.05) is 41.4 Å². The minimum absolute atomic E-state index is 0.255. The van der Waals surface area contributed by atoms with Crippen molar-refractivity contribution in [3.05, 3.63) is 48.8 Å². The van der Waals surface area contributed by atoms with E-state index in [4.69, 9.17) is 4.74 Å². The fraction of sp³-hybridized carbons (Fsp3) is 0.400. The van der Waals surface area contributed by atoms with E-state index in [9.17, 15) is 9.50 Å². The molecular formula is C25H29FN6O2. The molecular weight excluding hydrogens is 435 g/mol. The van der Waals surface area contributed by atoms with Crippen molar-refractivity contribution >= 4 is 22.4 Å². The Labute approximate surface area is 197 Å². The molecule has 1 fully saturated rings. The molecule has 0 amide bonds. The molecule has 2 N–H and O–H groups in total. The average molecular weight is 465 g/mol. The first kappa shape index (κ1) is 22.5. The number of ether oxygens (including phenoxy) is 1. The van der Waals surface area contributed by atoms with Gasteiger partial charge in [0.2, 0.25) is 11.8 Å². The number of likely N-dealkylation sites (tertiary alicyclic amines) is 1. The third-order valence-electron chi connectivity index (χ3n) is 6.14. The summed E-state index contributed by atoms with van der Waals surface area (Å²) in [5.74, 6) is 0.733. The van der Waals surface area contributed by atoms with Crippen LogP contribution in [0.25, 0.3) is 27.5 Å². The summed E-state index contributed by atoms with van der Waals surface area (Å²) in [6.45, 7) is 4.85. The number of hydrogen-bond donors (Lipinski definition) is 2. The molecule has 1 saturated heterocycles. The highest BCUT2D eigenvalue weighted by Crippen LogP contribution is 2.33. The van der Waals surface area contributed by atoms with Gasteiger partial charge < -0.3 is 15.2 Å². The zero-order valence-corrected chi connectivity index (χ0v) is 19.6. The molecule has 178 valence electrons. The third kappa shape index (κ3) is 4.53. The summed E-state index contributed by atoms with van der Waals surface area (Å²) in [7, 11) is 1.57. The van der Waals surface area contributed by atoms with Crippen LogP contribution in [0.1, 0.15) is 20.3 Å². The molecule has 1 aliphatic heterocycles. The second-order valence-electron chi connectivity index (χ2n) is 9.48. The first-order chi connectivity index (χ1) is 16.3. The van der Waals surface area contributed by atoms with Gasteiger partial charge in [-0.1, -0.05) is 12.1 Å². The van der Waals surface area contributed by atoms with E-state index >= 15 is 0 Å². The lowest BCUT2D eigenvalue weighted by molar-refractivity contribution is 0.0147. The Balaban J connectivity index is 1.40. The molecule has 5 rings (SSSR count). The number of methoxy groups -OCH3 is 1. The second-order valence-corrected chi connectivity index (χ2v) is 9.48. The van der Waals surface area contributed by atoms with Crippen LogP contribution in [0.2, 0.25) is 0 Å². The summed E-state index contributed by atoms with van der Waals surface area (Å²) in [4.78, 5) is 10.9. The number of rotatable bonds is 6. The third-order valence-corrected chi connectivity index (χ3v) is 6.14. The van der Waals surface area contributed by atoms with Crippen molar-refractivity contribution in [3.63, 3.8) is 0 Å². The minimum atomic E-state index is -1.10. The molecule has 2 atom stereocenters. The lowest BCUT2D eigenvalue weighted by Gasteiger charge is -2.37. The number of pyridine rings is 1. The molecule has 34 heavy (non-hydrogen) atoms. The monoisotopic (exact) mass is 464 g/mol. The van der Waals surface area contributed by atoms with Crippen molar-refractivity contribution in [3.8, 4) is 17.0 Å². The minimum Gasteiger partial charge on any atom is -0.479 e. The van der Waals surface area contributed by atoms with Crippen LogP contribution in [-0.2, 0) is 0 Å². The molecule has 9 heteroatoms. The number of nitrogens with one attached hydrogen (secondary N) is 1. The predicted molar refractivity (Wildman–Crippen MR) is 130 cm³/mol. The van der Waals surface area contributed by atoms with Gasteiger partial charge in [-0.15, -0.1) is 5.10 Å². The summed E-state index contributed by atoms with van der Waals surface area (Å²) in [5, 5.41) is 18.8. The Morgan fingerprint density at radius 2 is 2.12 bits per heavy atom. The quantitative estimate of drug-likeness (QED) is 0.451. The molecule has 4 heterocycles. The SMILES string of the molecule is COc1nc(N[C@H]2CCN(CC(C)(C)O)C[C@H]2F)nn2ccc(-c3ccc4ncccc4c3)c12. The van der Waals surface area contributed by atoms with Gasteiger partial charge >= 0.3 is 0 Å². The standard InChI is InChI=1S/C25H29FN6O2/c1-25(2,33)15-31-11-9-21(19(26)14-31)28-24-29-23(34-3)22-18(8-12-32(22)30-24)16-6-7-20-17(13-16)5-4-10-27-20/h4-8,10,12-13,19,21,33H,9,11,14-15H2,1-3H3,(H,28,30)/t19-,21+/m1/s1. The largest absolute Gasteiger partial charge is 0.479 e. The maximum Gasteiger partial charge on any atom is 0.244 e. The smallest absolute Gasteiger partial charge is 0.244 e. The highest BCUT2D eigenvalue weighted by atomic mass is 19.1. The number of alkyl halides is 1. The number of benzene rings is 1. The Morgan fingerprint density at radius 3 is 2.88 bits per heavy atom.